The summed E-state index contributed by atoms with van der Waals surface area (Å²) >= 11 is 0. The molecule has 0 aliphatic carbocycles. The highest BCUT2D eigenvalue weighted by molar-refractivity contribution is 6.05. The third-order valence-electron chi connectivity index (χ3n) is 2.28. The molecule has 0 spiro atoms. The highest BCUT2D eigenvalue weighted by atomic mass is 16.1. The van der Waals surface area contributed by atoms with Crippen LogP contribution in [0.1, 0.15) is 16.3 Å². The molecule has 16 heavy (non-hydrogen) atoms. The van der Waals surface area contributed by atoms with Crippen LogP contribution in [-0.2, 0) is 13.6 Å². The minimum atomic E-state index is -0.178. The largest absolute Gasteiger partial charge is 0.335 e. The minimum absolute atomic E-state index is 0.178. The molecule has 6 heteroatoms. The zero-order valence-electron chi connectivity index (χ0n) is 9.00. The molecule has 0 unspecified atom stereocenters. The first kappa shape index (κ1) is 10.6. The monoisotopic (exact) mass is 219 g/mol. The van der Waals surface area contributed by atoms with Crippen molar-refractivity contribution in [1.29, 1.82) is 0 Å². The number of hydrogen-bond donors (Lipinski definition) is 1. The van der Waals surface area contributed by atoms with E-state index < -0.39 is 0 Å². The number of aromatic nitrogens is 4. The maximum atomic E-state index is 12.0. The Hall–Kier alpha value is -1.95. The summed E-state index contributed by atoms with van der Waals surface area (Å²) in [5, 5.41) is 0. The van der Waals surface area contributed by atoms with E-state index in [0.717, 1.165) is 0 Å². The van der Waals surface area contributed by atoms with Crippen molar-refractivity contribution in [2.24, 2.45) is 12.8 Å². The molecular weight excluding hydrogens is 206 g/mol. The fourth-order valence-electron chi connectivity index (χ4n) is 1.45. The molecule has 0 radical (unpaired) electrons. The Morgan fingerprint density at radius 2 is 2.31 bits per heavy atom. The van der Waals surface area contributed by atoms with Gasteiger partial charge in [-0.2, -0.15) is 0 Å². The van der Waals surface area contributed by atoms with E-state index in [0.29, 0.717) is 24.6 Å². The predicted octanol–water partition coefficient (Wildman–Crippen LogP) is -0.194. The second-order valence-electron chi connectivity index (χ2n) is 3.48. The fraction of sp³-hybridized carbons (Fsp3) is 0.300. The van der Waals surface area contributed by atoms with Gasteiger partial charge in [0.1, 0.15) is 5.69 Å². The number of hydrogen-bond acceptors (Lipinski definition) is 4. The van der Waals surface area contributed by atoms with Crippen LogP contribution >= 0.6 is 0 Å². The van der Waals surface area contributed by atoms with Gasteiger partial charge in [0, 0.05) is 38.7 Å². The number of carbonyl (C=O) groups excluding carboxylic acids is 1. The first-order valence-corrected chi connectivity index (χ1v) is 4.96. The van der Waals surface area contributed by atoms with Crippen LogP contribution in [0.25, 0.3) is 0 Å². The first-order valence-electron chi connectivity index (χ1n) is 4.96. The fourth-order valence-corrected chi connectivity index (χ4v) is 1.45. The van der Waals surface area contributed by atoms with Crippen LogP contribution in [0.3, 0.4) is 0 Å². The van der Waals surface area contributed by atoms with Crippen molar-refractivity contribution in [2.75, 3.05) is 6.54 Å². The van der Waals surface area contributed by atoms with Crippen molar-refractivity contribution in [3.05, 3.63) is 36.4 Å². The molecule has 0 amide bonds. The molecule has 0 saturated heterocycles. The molecule has 0 saturated carbocycles. The SMILES string of the molecule is Cn1ccnc1C(=O)c1cn(CCN)cn1. The first-order chi connectivity index (χ1) is 7.72. The second-order valence-corrected chi connectivity index (χ2v) is 3.48. The number of imidazole rings is 2. The smallest absolute Gasteiger partial charge is 0.248 e. The van der Waals surface area contributed by atoms with Gasteiger partial charge in [0.05, 0.1) is 6.33 Å². The molecular formula is C10H13N5O. The van der Waals surface area contributed by atoms with E-state index in [1.165, 1.54) is 0 Å². The van der Waals surface area contributed by atoms with Crippen molar-refractivity contribution < 1.29 is 4.79 Å². The highest BCUT2D eigenvalue weighted by Gasteiger charge is 2.15. The van der Waals surface area contributed by atoms with Gasteiger partial charge in [-0.05, 0) is 0 Å². The molecule has 6 nitrogen and oxygen atoms in total. The minimum Gasteiger partial charge on any atom is -0.335 e. The van der Waals surface area contributed by atoms with Gasteiger partial charge in [0.2, 0.25) is 5.78 Å². The van der Waals surface area contributed by atoms with Gasteiger partial charge in [-0.25, -0.2) is 9.97 Å². The van der Waals surface area contributed by atoms with E-state index in [1.807, 2.05) is 0 Å². The Kier molecular flexibility index (Phi) is 2.82. The molecule has 0 aromatic carbocycles. The summed E-state index contributed by atoms with van der Waals surface area (Å²) in [6.45, 7) is 1.17. The topological polar surface area (TPSA) is 78.7 Å². The van der Waals surface area contributed by atoms with Gasteiger partial charge in [-0.15, -0.1) is 0 Å². The van der Waals surface area contributed by atoms with Gasteiger partial charge < -0.3 is 14.9 Å². The van der Waals surface area contributed by atoms with Crippen molar-refractivity contribution in [3.63, 3.8) is 0 Å². The normalized spacial score (nSPS) is 10.6. The van der Waals surface area contributed by atoms with Gasteiger partial charge in [-0.3, -0.25) is 4.79 Å². The molecule has 2 rings (SSSR count). The molecule has 0 fully saturated rings. The molecule has 84 valence electrons. The zero-order valence-corrected chi connectivity index (χ0v) is 9.00. The number of carbonyl (C=O) groups is 1. The lowest BCUT2D eigenvalue weighted by atomic mass is 10.3. The summed E-state index contributed by atoms with van der Waals surface area (Å²) in [7, 11) is 1.77. The molecule has 0 bridgehead atoms. The quantitative estimate of drug-likeness (QED) is 0.723. The lowest BCUT2D eigenvalue weighted by Gasteiger charge is -1.97. The van der Waals surface area contributed by atoms with Crippen molar-refractivity contribution in [1.82, 2.24) is 19.1 Å². The molecule has 2 heterocycles. The average Bonchev–Trinajstić information content (AvgIpc) is 2.87. The Balaban J connectivity index is 2.24. The number of aryl methyl sites for hydroxylation is 1. The Labute approximate surface area is 92.7 Å². The summed E-state index contributed by atoms with van der Waals surface area (Å²) in [5.41, 5.74) is 5.81. The Bertz CT molecular complexity index is 499. The van der Waals surface area contributed by atoms with Gasteiger partial charge in [-0.1, -0.05) is 0 Å². The van der Waals surface area contributed by atoms with Crippen molar-refractivity contribution in [3.8, 4) is 0 Å². The van der Waals surface area contributed by atoms with E-state index in [1.54, 1.807) is 41.1 Å². The number of ketones is 1. The van der Waals surface area contributed by atoms with E-state index in [4.69, 9.17) is 5.73 Å². The summed E-state index contributed by atoms with van der Waals surface area (Å²) < 4.78 is 3.46. The maximum absolute atomic E-state index is 12.0. The van der Waals surface area contributed by atoms with Gasteiger partial charge in [0.25, 0.3) is 0 Å². The zero-order chi connectivity index (χ0) is 11.5. The highest BCUT2D eigenvalue weighted by Crippen LogP contribution is 2.05. The van der Waals surface area contributed by atoms with Crippen LogP contribution in [0, 0.1) is 0 Å². The number of nitrogens with zero attached hydrogens (tertiary/aromatic N) is 4. The standard InChI is InChI=1S/C10H13N5O/c1-14-5-3-12-10(14)9(16)8-6-15(4-2-11)7-13-8/h3,5-7H,2,4,11H2,1H3. The van der Waals surface area contributed by atoms with Crippen molar-refractivity contribution >= 4 is 5.78 Å². The van der Waals surface area contributed by atoms with Crippen LogP contribution in [0.2, 0.25) is 0 Å². The van der Waals surface area contributed by atoms with Gasteiger partial charge in [0.15, 0.2) is 5.82 Å². The lowest BCUT2D eigenvalue weighted by Crippen LogP contribution is -2.10. The third-order valence-corrected chi connectivity index (χ3v) is 2.28. The lowest BCUT2D eigenvalue weighted by molar-refractivity contribution is 0.102. The summed E-state index contributed by atoms with van der Waals surface area (Å²) in [5.74, 6) is 0.210. The average molecular weight is 219 g/mol. The van der Waals surface area contributed by atoms with Crippen LogP contribution in [0.5, 0.6) is 0 Å². The maximum Gasteiger partial charge on any atom is 0.248 e. The van der Waals surface area contributed by atoms with E-state index in [-0.39, 0.29) is 5.78 Å². The summed E-state index contributed by atoms with van der Waals surface area (Å²) in [6, 6.07) is 0. The Morgan fingerprint density at radius 3 is 2.94 bits per heavy atom. The molecule has 2 aromatic rings. The second kappa shape index (κ2) is 4.28. The molecule has 0 aliphatic heterocycles. The van der Waals surface area contributed by atoms with Crippen molar-refractivity contribution in [2.45, 2.75) is 6.54 Å². The van der Waals surface area contributed by atoms with Gasteiger partial charge >= 0.3 is 0 Å². The van der Waals surface area contributed by atoms with E-state index in [2.05, 4.69) is 9.97 Å². The summed E-state index contributed by atoms with van der Waals surface area (Å²) in [6.07, 6.45) is 6.60. The molecule has 0 aliphatic rings. The van der Waals surface area contributed by atoms with Crippen LogP contribution < -0.4 is 5.73 Å². The van der Waals surface area contributed by atoms with Crippen LogP contribution in [0.15, 0.2) is 24.9 Å². The molecule has 0 atom stereocenters. The molecule has 2 aromatic heterocycles. The van der Waals surface area contributed by atoms with E-state index >= 15 is 0 Å². The molecule has 2 N–H and O–H groups in total. The predicted molar refractivity (Wildman–Crippen MR) is 57.9 cm³/mol. The van der Waals surface area contributed by atoms with Crippen LogP contribution in [0.4, 0.5) is 0 Å². The van der Waals surface area contributed by atoms with E-state index in [9.17, 15) is 4.79 Å². The number of nitrogens with two attached hydrogens (primary N) is 1. The third kappa shape index (κ3) is 1.87. The Morgan fingerprint density at radius 1 is 1.50 bits per heavy atom. The number of rotatable bonds is 4. The van der Waals surface area contributed by atoms with Crippen LogP contribution in [-0.4, -0.2) is 31.4 Å². The summed E-state index contributed by atoms with van der Waals surface area (Å²) in [4.78, 5) is 20.0.